The van der Waals surface area contributed by atoms with Crippen LogP contribution in [-0.4, -0.2) is 69.2 Å². The zero-order valence-corrected chi connectivity index (χ0v) is 24.7. The Morgan fingerprint density at radius 2 is 1.51 bits per heavy atom. The molecule has 3 N–H and O–H groups in total. The quantitative estimate of drug-likeness (QED) is 0.257. The number of allylic oxidation sites excluding steroid dienone is 2. The lowest BCUT2D eigenvalue weighted by atomic mass is 9.82. The number of hydrogen-bond acceptors (Lipinski definition) is 8. The lowest BCUT2D eigenvalue weighted by molar-refractivity contribution is -0.137. The number of ether oxygens (including phenoxy) is 2. The van der Waals surface area contributed by atoms with Crippen molar-refractivity contribution in [1.82, 2.24) is 20.9 Å². The molecule has 0 bridgehead atoms. The van der Waals surface area contributed by atoms with E-state index in [-0.39, 0.29) is 12.3 Å². The normalized spacial score (nSPS) is 16.7. The van der Waals surface area contributed by atoms with Gasteiger partial charge in [0.1, 0.15) is 0 Å². The maximum Gasteiger partial charge on any atom is 0.336 e. The number of rotatable bonds is 12. The summed E-state index contributed by atoms with van der Waals surface area (Å²) in [6.45, 7) is 7.03. The average molecular weight is 569 g/mol. The van der Waals surface area contributed by atoms with Crippen LogP contribution in [0.2, 0.25) is 0 Å². The van der Waals surface area contributed by atoms with Gasteiger partial charge in [0.25, 0.3) is 0 Å². The van der Waals surface area contributed by atoms with E-state index in [1.165, 1.54) is 19.8 Å². The summed E-state index contributed by atoms with van der Waals surface area (Å²) in [5.41, 5.74) is 3.42. The van der Waals surface area contributed by atoms with Gasteiger partial charge in [-0.25, -0.2) is 14.4 Å². The van der Waals surface area contributed by atoms with Crippen LogP contribution in [0.1, 0.15) is 70.3 Å². The van der Waals surface area contributed by atoms with Gasteiger partial charge >= 0.3 is 18.0 Å². The number of nitrogens with zero attached hydrogens (tertiary/aromatic N) is 1. The Balaban J connectivity index is 1.34. The van der Waals surface area contributed by atoms with Crippen LogP contribution in [0.5, 0.6) is 0 Å². The highest BCUT2D eigenvalue weighted by molar-refractivity contribution is 5.97. The number of amides is 3. The van der Waals surface area contributed by atoms with E-state index in [1.54, 1.807) is 13.8 Å². The number of piperidine rings is 1. The molecular weight excluding hydrogens is 524 g/mol. The van der Waals surface area contributed by atoms with Crippen molar-refractivity contribution >= 4 is 23.9 Å². The molecule has 224 valence electrons. The van der Waals surface area contributed by atoms with Crippen molar-refractivity contribution in [2.45, 2.75) is 64.7 Å². The second kappa shape index (κ2) is 16.0. The molecule has 1 aromatic carbocycles. The first-order valence-electron chi connectivity index (χ1n) is 14.4. The van der Waals surface area contributed by atoms with E-state index in [2.05, 4.69) is 51.2 Å². The number of benzene rings is 1. The van der Waals surface area contributed by atoms with E-state index in [4.69, 9.17) is 9.47 Å². The number of unbranched alkanes of at least 4 members (excludes halogenated alkanes) is 1. The van der Waals surface area contributed by atoms with Crippen molar-refractivity contribution in [1.29, 1.82) is 0 Å². The lowest BCUT2D eigenvalue weighted by Gasteiger charge is -2.32. The van der Waals surface area contributed by atoms with Gasteiger partial charge in [0, 0.05) is 30.3 Å². The molecule has 0 aliphatic carbocycles. The highest BCUT2D eigenvalue weighted by Gasteiger charge is 2.36. The van der Waals surface area contributed by atoms with E-state index in [1.807, 2.05) is 0 Å². The van der Waals surface area contributed by atoms with Crippen molar-refractivity contribution in [3.63, 3.8) is 0 Å². The van der Waals surface area contributed by atoms with Crippen molar-refractivity contribution in [2.24, 2.45) is 5.92 Å². The van der Waals surface area contributed by atoms with Crippen LogP contribution in [0.4, 0.5) is 4.79 Å². The fraction of sp³-hybridized carbons (Fsp3) is 0.548. The van der Waals surface area contributed by atoms with Crippen molar-refractivity contribution in [3.05, 3.63) is 58.4 Å². The Kier molecular flexibility index (Phi) is 12.4. The Morgan fingerprint density at radius 1 is 0.902 bits per heavy atom. The number of methoxy groups -OCH3 is 2. The third-order valence-corrected chi connectivity index (χ3v) is 7.89. The number of dihydropyridines is 1. The molecule has 1 fully saturated rings. The molecule has 0 atom stereocenters. The van der Waals surface area contributed by atoms with Crippen LogP contribution < -0.4 is 16.0 Å². The zero-order chi connectivity index (χ0) is 29.8. The SMILES string of the molecule is COC(=O)C1=C(C)NC(C)=C(C(=O)OC)C1CCCCC(=O)NC(=O)NCCCN1CCC(c2ccccc2)CC1. The Hall–Kier alpha value is -3.66. The predicted octanol–water partition coefficient (Wildman–Crippen LogP) is 3.76. The molecule has 0 saturated carbocycles. The number of nitrogens with one attached hydrogen (secondary N) is 3. The van der Waals surface area contributed by atoms with Gasteiger partial charge in [-0.1, -0.05) is 36.8 Å². The maximum absolute atomic E-state index is 12.5. The number of imide groups is 1. The van der Waals surface area contributed by atoms with E-state index in [0.29, 0.717) is 54.3 Å². The summed E-state index contributed by atoms with van der Waals surface area (Å²) in [4.78, 5) is 51.9. The van der Waals surface area contributed by atoms with Gasteiger partial charge in [-0.3, -0.25) is 10.1 Å². The van der Waals surface area contributed by atoms with Crippen LogP contribution in [-0.2, 0) is 23.9 Å². The molecule has 0 spiro atoms. The summed E-state index contributed by atoms with van der Waals surface area (Å²) in [6.07, 6.45) is 4.76. The van der Waals surface area contributed by atoms with Crippen LogP contribution in [0, 0.1) is 5.92 Å². The molecule has 41 heavy (non-hydrogen) atoms. The summed E-state index contributed by atoms with van der Waals surface area (Å²) in [6, 6.07) is 10.2. The number of likely N-dealkylation sites (tertiary alicyclic amines) is 1. The summed E-state index contributed by atoms with van der Waals surface area (Å²) >= 11 is 0. The number of esters is 2. The van der Waals surface area contributed by atoms with Gasteiger partial charge in [-0.15, -0.1) is 0 Å². The molecule has 2 aliphatic heterocycles. The van der Waals surface area contributed by atoms with Gasteiger partial charge in [-0.2, -0.15) is 0 Å². The van der Waals surface area contributed by atoms with E-state index in [9.17, 15) is 19.2 Å². The van der Waals surface area contributed by atoms with Gasteiger partial charge in [0.2, 0.25) is 5.91 Å². The summed E-state index contributed by atoms with van der Waals surface area (Å²) < 4.78 is 9.90. The summed E-state index contributed by atoms with van der Waals surface area (Å²) in [5.74, 6) is -1.28. The topological polar surface area (TPSA) is 126 Å². The third kappa shape index (κ3) is 9.18. The van der Waals surface area contributed by atoms with E-state index >= 15 is 0 Å². The van der Waals surface area contributed by atoms with Gasteiger partial charge in [0.05, 0.1) is 25.4 Å². The molecule has 2 heterocycles. The number of urea groups is 1. The molecular formula is C31H44N4O6. The fourth-order valence-corrected chi connectivity index (χ4v) is 5.77. The second-order valence-electron chi connectivity index (χ2n) is 10.7. The minimum Gasteiger partial charge on any atom is -0.466 e. The number of carbonyl (C=O) groups excluding carboxylic acids is 4. The van der Waals surface area contributed by atoms with E-state index in [0.717, 1.165) is 38.9 Å². The van der Waals surface area contributed by atoms with Gasteiger partial charge in [-0.05, 0) is 77.1 Å². The maximum atomic E-state index is 12.5. The minimum atomic E-state index is -0.514. The van der Waals surface area contributed by atoms with Crippen molar-refractivity contribution in [2.75, 3.05) is 40.4 Å². The molecule has 3 rings (SSSR count). The molecule has 3 amide bonds. The largest absolute Gasteiger partial charge is 0.466 e. The Morgan fingerprint density at radius 3 is 2.10 bits per heavy atom. The highest BCUT2D eigenvalue weighted by Crippen LogP contribution is 2.35. The van der Waals surface area contributed by atoms with Gasteiger partial charge in [0.15, 0.2) is 0 Å². The molecule has 2 aliphatic rings. The summed E-state index contributed by atoms with van der Waals surface area (Å²) in [7, 11) is 2.60. The molecule has 0 unspecified atom stereocenters. The number of carbonyl (C=O) groups is 4. The predicted molar refractivity (Wildman–Crippen MR) is 156 cm³/mol. The lowest BCUT2D eigenvalue weighted by Crippen LogP contribution is -2.41. The van der Waals surface area contributed by atoms with Gasteiger partial charge < -0.3 is 25.0 Å². The monoisotopic (exact) mass is 568 g/mol. The Labute approximate surface area is 242 Å². The first kappa shape index (κ1) is 31.9. The van der Waals surface area contributed by atoms with Crippen molar-refractivity contribution in [3.8, 4) is 0 Å². The molecule has 1 saturated heterocycles. The number of hydrogen-bond donors (Lipinski definition) is 3. The van der Waals surface area contributed by atoms with Crippen LogP contribution >= 0.6 is 0 Å². The van der Waals surface area contributed by atoms with E-state index < -0.39 is 23.9 Å². The highest BCUT2D eigenvalue weighted by atomic mass is 16.5. The summed E-state index contributed by atoms with van der Waals surface area (Å²) in [5, 5.41) is 8.22. The molecule has 0 radical (unpaired) electrons. The Bertz CT molecular complexity index is 1100. The van der Waals surface area contributed by atoms with Crippen molar-refractivity contribution < 1.29 is 28.7 Å². The second-order valence-corrected chi connectivity index (χ2v) is 10.7. The standard InChI is InChI=1S/C31H44N4O6/c1-21-27(29(37)40-3)25(28(22(2)33-21)30(38)41-4)13-8-9-14-26(36)34-31(39)32-17-10-18-35-19-15-24(16-20-35)23-11-6-5-7-12-23/h5-7,11-12,24-25,33H,8-10,13-20H2,1-4H3,(H2,32,34,36,39). The molecule has 0 aromatic heterocycles. The molecule has 10 heteroatoms. The van der Waals surface area contributed by atoms with Crippen LogP contribution in [0.15, 0.2) is 52.9 Å². The first-order valence-corrected chi connectivity index (χ1v) is 14.4. The fourth-order valence-electron chi connectivity index (χ4n) is 5.77. The van der Waals surface area contributed by atoms with Crippen LogP contribution in [0.25, 0.3) is 0 Å². The van der Waals surface area contributed by atoms with Crippen LogP contribution in [0.3, 0.4) is 0 Å². The zero-order valence-electron chi connectivity index (χ0n) is 24.7. The first-order chi connectivity index (χ1) is 19.7. The molecule has 10 nitrogen and oxygen atoms in total. The molecule has 1 aromatic rings. The minimum absolute atomic E-state index is 0.154. The smallest absolute Gasteiger partial charge is 0.336 e. The average Bonchev–Trinajstić information content (AvgIpc) is 2.97. The third-order valence-electron chi connectivity index (χ3n) is 7.89.